The summed E-state index contributed by atoms with van der Waals surface area (Å²) in [5.74, 6) is 1.35. The average Bonchev–Trinajstić information content (AvgIpc) is 3.41. The summed E-state index contributed by atoms with van der Waals surface area (Å²) in [6, 6.07) is 7.63. The Labute approximate surface area is 188 Å². The Hall–Kier alpha value is -2.97. The second-order valence-electron chi connectivity index (χ2n) is 8.48. The number of benzene rings is 1. The van der Waals surface area contributed by atoms with Crippen molar-refractivity contribution in [3.63, 3.8) is 0 Å². The molecule has 4 heterocycles. The largest absolute Gasteiger partial charge is 0.477 e. The Morgan fingerprint density at radius 3 is 2.88 bits per heavy atom. The van der Waals surface area contributed by atoms with Gasteiger partial charge in [-0.2, -0.15) is 4.98 Å². The van der Waals surface area contributed by atoms with Gasteiger partial charge in [0.05, 0.1) is 47.9 Å². The van der Waals surface area contributed by atoms with E-state index in [0.29, 0.717) is 41.4 Å². The lowest BCUT2D eigenvalue weighted by Gasteiger charge is -2.13. The number of pyridine rings is 1. The highest BCUT2D eigenvalue weighted by molar-refractivity contribution is 6.31. The van der Waals surface area contributed by atoms with Crippen LogP contribution in [0.2, 0.25) is 5.02 Å². The van der Waals surface area contributed by atoms with E-state index in [-0.39, 0.29) is 18.3 Å². The molecule has 4 aromatic rings. The predicted octanol–water partition coefficient (Wildman–Crippen LogP) is 3.59. The van der Waals surface area contributed by atoms with Crippen LogP contribution in [0.3, 0.4) is 0 Å². The van der Waals surface area contributed by atoms with Gasteiger partial charge in [0.1, 0.15) is 0 Å². The lowest BCUT2D eigenvalue weighted by Crippen LogP contribution is -2.25. The van der Waals surface area contributed by atoms with Crippen LogP contribution in [0.4, 0.5) is 0 Å². The molecule has 1 aromatic carbocycles. The summed E-state index contributed by atoms with van der Waals surface area (Å²) in [7, 11) is 0. The van der Waals surface area contributed by atoms with Crippen molar-refractivity contribution in [3.05, 3.63) is 58.0 Å². The van der Waals surface area contributed by atoms with E-state index in [1.165, 1.54) is 0 Å². The van der Waals surface area contributed by atoms with Crippen molar-refractivity contribution in [1.29, 1.82) is 0 Å². The molecule has 2 fully saturated rings. The van der Waals surface area contributed by atoms with Gasteiger partial charge in [-0.1, -0.05) is 11.6 Å². The van der Waals surface area contributed by atoms with E-state index < -0.39 is 0 Å². The molecule has 1 saturated heterocycles. The van der Waals surface area contributed by atoms with Gasteiger partial charge in [0.2, 0.25) is 5.88 Å². The third kappa shape index (κ3) is 3.53. The van der Waals surface area contributed by atoms with Crippen LogP contribution >= 0.6 is 11.6 Å². The molecule has 1 saturated carbocycles. The fourth-order valence-corrected chi connectivity index (χ4v) is 4.48. The zero-order chi connectivity index (χ0) is 21.7. The molecule has 0 radical (unpaired) electrons. The molecule has 3 aromatic heterocycles. The van der Waals surface area contributed by atoms with Gasteiger partial charge in [-0.25, -0.2) is 9.78 Å². The van der Waals surface area contributed by atoms with E-state index >= 15 is 0 Å². The number of hydrogen-bond donors (Lipinski definition) is 0. The van der Waals surface area contributed by atoms with Crippen LogP contribution in [0.1, 0.15) is 31.1 Å². The molecule has 1 unspecified atom stereocenters. The summed E-state index contributed by atoms with van der Waals surface area (Å²) in [5.41, 5.74) is 2.31. The van der Waals surface area contributed by atoms with Crippen LogP contribution in [0.5, 0.6) is 5.88 Å². The molecule has 1 atom stereocenters. The molecule has 32 heavy (non-hydrogen) atoms. The third-order valence-corrected chi connectivity index (χ3v) is 6.36. The highest BCUT2D eigenvalue weighted by Crippen LogP contribution is 2.36. The molecule has 9 heteroatoms. The van der Waals surface area contributed by atoms with E-state index in [9.17, 15) is 4.79 Å². The second-order valence-corrected chi connectivity index (χ2v) is 8.92. The molecular formula is C23H22ClN5O3. The minimum absolute atomic E-state index is 0.0594. The van der Waals surface area contributed by atoms with E-state index in [1.807, 2.05) is 16.7 Å². The number of ether oxygens (including phenoxy) is 2. The summed E-state index contributed by atoms with van der Waals surface area (Å²) in [4.78, 5) is 26.9. The topological polar surface area (TPSA) is 84.1 Å². The Kier molecular flexibility index (Phi) is 4.84. The summed E-state index contributed by atoms with van der Waals surface area (Å²) >= 11 is 6.23. The number of fused-ring (bicyclic) bond motifs is 2. The van der Waals surface area contributed by atoms with Crippen LogP contribution in [0, 0.1) is 5.92 Å². The molecule has 1 aliphatic carbocycles. The Balaban J connectivity index is 1.41. The first kappa shape index (κ1) is 19.7. The fraction of sp³-hybridized carbons (Fsp3) is 0.391. The van der Waals surface area contributed by atoms with Gasteiger partial charge in [-0.05, 0) is 43.5 Å². The molecule has 164 valence electrons. The minimum atomic E-state index is -0.0594. The van der Waals surface area contributed by atoms with Crippen molar-refractivity contribution in [2.75, 3.05) is 19.8 Å². The van der Waals surface area contributed by atoms with Gasteiger partial charge in [0.15, 0.2) is 5.82 Å². The highest BCUT2D eigenvalue weighted by Gasteiger charge is 2.29. The molecule has 8 nitrogen and oxygen atoms in total. The van der Waals surface area contributed by atoms with Crippen LogP contribution in [-0.2, 0) is 11.3 Å². The van der Waals surface area contributed by atoms with E-state index in [4.69, 9.17) is 31.0 Å². The monoisotopic (exact) mass is 451 g/mol. The van der Waals surface area contributed by atoms with Crippen molar-refractivity contribution < 1.29 is 9.47 Å². The first-order valence-corrected chi connectivity index (χ1v) is 11.3. The fourth-order valence-electron chi connectivity index (χ4n) is 4.32. The maximum Gasteiger partial charge on any atom is 0.329 e. The minimum Gasteiger partial charge on any atom is -0.477 e. The van der Waals surface area contributed by atoms with Gasteiger partial charge in [-0.15, -0.1) is 0 Å². The predicted molar refractivity (Wildman–Crippen MR) is 120 cm³/mol. The van der Waals surface area contributed by atoms with Crippen LogP contribution in [0.15, 0.2) is 41.5 Å². The highest BCUT2D eigenvalue weighted by atomic mass is 35.5. The number of imidazole rings is 1. The van der Waals surface area contributed by atoms with Crippen molar-refractivity contribution in [3.8, 4) is 5.88 Å². The van der Waals surface area contributed by atoms with Gasteiger partial charge < -0.3 is 9.47 Å². The molecule has 0 spiro atoms. The smallest absolute Gasteiger partial charge is 0.329 e. The lowest BCUT2D eigenvalue weighted by atomic mass is 10.1. The van der Waals surface area contributed by atoms with Crippen LogP contribution in [-0.4, -0.2) is 43.9 Å². The standard InChI is InChI=1S/C23H22ClN5O3/c24-15-1-4-17-18(9-15)26-21(27-22(17)32-13-14-6-8-31-12-14)11-28-20-10-25-7-5-19(20)29(23(28)30)16-2-3-16/h1,4-5,7,9-10,14,16H,2-3,6,8,11-13H2. The summed E-state index contributed by atoms with van der Waals surface area (Å²) in [6.45, 7) is 2.22. The summed E-state index contributed by atoms with van der Waals surface area (Å²) < 4.78 is 15.1. The second kappa shape index (κ2) is 7.86. The normalized spacial score (nSPS) is 18.6. The molecule has 0 bridgehead atoms. The quantitative estimate of drug-likeness (QED) is 0.445. The zero-order valence-electron chi connectivity index (χ0n) is 17.4. The van der Waals surface area contributed by atoms with Gasteiger partial charge in [-0.3, -0.25) is 14.1 Å². The summed E-state index contributed by atoms with van der Waals surface area (Å²) in [6.07, 6.45) is 6.47. The van der Waals surface area contributed by atoms with Crippen molar-refractivity contribution >= 4 is 33.5 Å². The van der Waals surface area contributed by atoms with E-state index in [2.05, 4.69) is 4.98 Å². The maximum atomic E-state index is 13.3. The van der Waals surface area contributed by atoms with E-state index in [1.54, 1.807) is 29.1 Å². The summed E-state index contributed by atoms with van der Waals surface area (Å²) in [5, 5.41) is 1.38. The maximum absolute atomic E-state index is 13.3. The SMILES string of the molecule is O=c1n(Cc2nc(OCC3CCOC3)c3ccc(Cl)cc3n2)c2cnccc2n1C1CC1. The van der Waals surface area contributed by atoms with Gasteiger partial charge >= 0.3 is 5.69 Å². The third-order valence-electron chi connectivity index (χ3n) is 6.13. The zero-order valence-corrected chi connectivity index (χ0v) is 18.2. The molecular weight excluding hydrogens is 430 g/mol. The van der Waals surface area contributed by atoms with Gasteiger partial charge in [0.25, 0.3) is 0 Å². The number of hydrogen-bond acceptors (Lipinski definition) is 6. The molecule has 6 rings (SSSR count). The van der Waals surface area contributed by atoms with Crippen LogP contribution < -0.4 is 10.4 Å². The van der Waals surface area contributed by atoms with Crippen LogP contribution in [0.25, 0.3) is 21.9 Å². The molecule has 2 aliphatic rings. The number of nitrogens with zero attached hydrogens (tertiary/aromatic N) is 5. The molecule has 0 amide bonds. The average molecular weight is 452 g/mol. The van der Waals surface area contributed by atoms with Crippen molar-refractivity contribution in [2.45, 2.75) is 31.8 Å². The first-order valence-electron chi connectivity index (χ1n) is 10.9. The van der Waals surface area contributed by atoms with Crippen molar-refractivity contribution in [2.24, 2.45) is 5.92 Å². The van der Waals surface area contributed by atoms with E-state index in [0.717, 1.165) is 42.3 Å². The van der Waals surface area contributed by atoms with Gasteiger partial charge in [0, 0.05) is 29.8 Å². The first-order chi connectivity index (χ1) is 15.7. The number of halogens is 1. The Morgan fingerprint density at radius 2 is 2.06 bits per heavy atom. The van der Waals surface area contributed by atoms with Crippen molar-refractivity contribution in [1.82, 2.24) is 24.1 Å². The Morgan fingerprint density at radius 1 is 1.16 bits per heavy atom. The number of aromatic nitrogens is 5. The molecule has 0 N–H and O–H groups in total. The number of rotatable bonds is 6. The lowest BCUT2D eigenvalue weighted by molar-refractivity contribution is 0.166. The molecule has 1 aliphatic heterocycles. The Bertz CT molecular complexity index is 1370.